The maximum atomic E-state index is 12.7. The van der Waals surface area contributed by atoms with Crippen LogP contribution in [0.5, 0.6) is 11.5 Å². The largest absolute Gasteiger partial charge is 0.497 e. The molecule has 0 aromatic heterocycles. The van der Waals surface area contributed by atoms with Gasteiger partial charge in [0.15, 0.2) is 5.11 Å². The Morgan fingerprint density at radius 1 is 1.12 bits per heavy atom. The normalized spacial score (nSPS) is 15.5. The van der Waals surface area contributed by atoms with E-state index in [2.05, 4.69) is 5.32 Å². The summed E-state index contributed by atoms with van der Waals surface area (Å²) in [7, 11) is 3.12. The van der Waals surface area contributed by atoms with E-state index in [1.165, 1.54) is 12.0 Å². The SMILES string of the molecule is COc1ccc(/C=C2/NC(=S)N(c3ccc(Cl)c(OC)c3)C2=O)cc1. The zero-order chi connectivity index (χ0) is 18.0. The fourth-order valence-electron chi connectivity index (χ4n) is 2.42. The second-order valence-electron chi connectivity index (χ2n) is 5.22. The third-order valence-electron chi connectivity index (χ3n) is 3.70. The van der Waals surface area contributed by atoms with Crippen LogP contribution in [0.4, 0.5) is 5.69 Å². The van der Waals surface area contributed by atoms with Gasteiger partial charge in [-0.25, -0.2) is 0 Å². The molecule has 1 aliphatic rings. The maximum Gasteiger partial charge on any atom is 0.281 e. The van der Waals surface area contributed by atoms with E-state index >= 15 is 0 Å². The molecule has 1 aliphatic heterocycles. The number of carbonyl (C=O) groups is 1. The van der Waals surface area contributed by atoms with Crippen molar-refractivity contribution in [2.24, 2.45) is 0 Å². The van der Waals surface area contributed by atoms with Crippen LogP contribution in [0, 0.1) is 0 Å². The summed E-state index contributed by atoms with van der Waals surface area (Å²) in [6.07, 6.45) is 1.74. The molecule has 1 saturated heterocycles. The lowest BCUT2D eigenvalue weighted by molar-refractivity contribution is -0.113. The van der Waals surface area contributed by atoms with Gasteiger partial charge in [-0.05, 0) is 48.1 Å². The Balaban J connectivity index is 1.90. The van der Waals surface area contributed by atoms with Gasteiger partial charge in [-0.3, -0.25) is 9.69 Å². The van der Waals surface area contributed by atoms with Crippen molar-refractivity contribution in [3.63, 3.8) is 0 Å². The number of thiocarbonyl (C=S) groups is 1. The van der Waals surface area contributed by atoms with Gasteiger partial charge >= 0.3 is 0 Å². The smallest absolute Gasteiger partial charge is 0.281 e. The number of ether oxygens (including phenoxy) is 2. The summed E-state index contributed by atoms with van der Waals surface area (Å²) in [5.74, 6) is 0.978. The lowest BCUT2D eigenvalue weighted by Gasteiger charge is -2.15. The third-order valence-corrected chi connectivity index (χ3v) is 4.29. The highest BCUT2D eigenvalue weighted by molar-refractivity contribution is 7.80. The van der Waals surface area contributed by atoms with Gasteiger partial charge in [0.25, 0.3) is 5.91 Å². The molecule has 2 aromatic carbocycles. The molecule has 0 bridgehead atoms. The minimum Gasteiger partial charge on any atom is -0.497 e. The highest BCUT2D eigenvalue weighted by Gasteiger charge is 2.32. The molecule has 3 rings (SSSR count). The van der Waals surface area contributed by atoms with E-state index < -0.39 is 0 Å². The van der Waals surface area contributed by atoms with E-state index in [0.717, 1.165) is 11.3 Å². The summed E-state index contributed by atoms with van der Waals surface area (Å²) < 4.78 is 10.3. The quantitative estimate of drug-likeness (QED) is 0.654. The number of methoxy groups -OCH3 is 2. The topological polar surface area (TPSA) is 50.8 Å². The predicted octanol–water partition coefficient (Wildman–Crippen LogP) is 3.62. The van der Waals surface area contributed by atoms with Crippen molar-refractivity contribution in [2.45, 2.75) is 0 Å². The van der Waals surface area contributed by atoms with Crippen LogP contribution in [0.3, 0.4) is 0 Å². The number of nitrogens with zero attached hydrogens (tertiary/aromatic N) is 1. The van der Waals surface area contributed by atoms with Crippen LogP contribution in [-0.4, -0.2) is 25.2 Å². The number of carbonyl (C=O) groups excluding carboxylic acids is 1. The number of benzene rings is 2. The van der Waals surface area contributed by atoms with Crippen LogP contribution in [0.2, 0.25) is 5.02 Å². The van der Waals surface area contributed by atoms with E-state index in [4.69, 9.17) is 33.3 Å². The lowest BCUT2D eigenvalue weighted by Crippen LogP contribution is -2.30. The molecule has 7 heteroatoms. The van der Waals surface area contributed by atoms with Gasteiger partial charge in [-0.15, -0.1) is 0 Å². The average Bonchev–Trinajstić information content (AvgIpc) is 2.90. The molecule has 0 spiro atoms. The van der Waals surface area contributed by atoms with Crippen LogP contribution < -0.4 is 19.7 Å². The minimum atomic E-state index is -0.245. The Labute approximate surface area is 155 Å². The summed E-state index contributed by atoms with van der Waals surface area (Å²) in [5, 5.41) is 3.71. The van der Waals surface area contributed by atoms with Crippen LogP contribution in [-0.2, 0) is 4.79 Å². The maximum absolute atomic E-state index is 12.7. The minimum absolute atomic E-state index is 0.245. The van der Waals surface area contributed by atoms with Crippen LogP contribution in [0.25, 0.3) is 6.08 Å². The van der Waals surface area contributed by atoms with Gasteiger partial charge in [-0.2, -0.15) is 0 Å². The fraction of sp³-hybridized carbons (Fsp3) is 0.111. The summed E-state index contributed by atoms with van der Waals surface area (Å²) >= 11 is 11.3. The Morgan fingerprint density at radius 2 is 1.84 bits per heavy atom. The first-order chi connectivity index (χ1) is 12.0. The van der Waals surface area contributed by atoms with Crippen molar-refractivity contribution < 1.29 is 14.3 Å². The molecule has 1 fully saturated rings. The van der Waals surface area contributed by atoms with Crippen molar-refractivity contribution in [3.05, 3.63) is 58.7 Å². The molecule has 0 unspecified atom stereocenters. The molecule has 0 saturated carbocycles. The number of nitrogens with one attached hydrogen (secondary N) is 1. The van der Waals surface area contributed by atoms with Crippen molar-refractivity contribution in [1.82, 2.24) is 5.32 Å². The van der Waals surface area contributed by atoms with E-state index in [-0.39, 0.29) is 5.91 Å². The number of rotatable bonds is 4. The summed E-state index contributed by atoms with van der Waals surface area (Å²) in [4.78, 5) is 14.1. The number of halogens is 1. The summed E-state index contributed by atoms with van der Waals surface area (Å²) in [6, 6.07) is 12.4. The van der Waals surface area contributed by atoms with Crippen molar-refractivity contribution >= 4 is 46.6 Å². The van der Waals surface area contributed by atoms with Crippen molar-refractivity contribution in [2.75, 3.05) is 19.1 Å². The molecule has 0 radical (unpaired) electrons. The van der Waals surface area contributed by atoms with E-state index in [9.17, 15) is 4.79 Å². The standard InChI is InChI=1S/C18H15ClN2O3S/c1-23-13-6-3-11(4-7-13)9-15-17(22)21(18(25)20-15)12-5-8-14(19)16(10-12)24-2/h3-10H,1-2H3,(H,20,25)/b15-9+. The molecule has 5 nitrogen and oxygen atoms in total. The van der Waals surface area contributed by atoms with E-state index in [1.54, 1.807) is 31.4 Å². The zero-order valence-electron chi connectivity index (χ0n) is 13.6. The Morgan fingerprint density at radius 3 is 2.48 bits per heavy atom. The molecule has 1 heterocycles. The molecule has 25 heavy (non-hydrogen) atoms. The first kappa shape index (κ1) is 17.3. The van der Waals surface area contributed by atoms with E-state index in [1.807, 2.05) is 24.3 Å². The predicted molar refractivity (Wildman–Crippen MR) is 102 cm³/mol. The molecular formula is C18H15ClN2O3S. The highest BCUT2D eigenvalue weighted by atomic mass is 35.5. The zero-order valence-corrected chi connectivity index (χ0v) is 15.1. The lowest BCUT2D eigenvalue weighted by atomic mass is 10.2. The second kappa shape index (κ2) is 7.13. The van der Waals surface area contributed by atoms with Crippen LogP contribution >= 0.6 is 23.8 Å². The van der Waals surface area contributed by atoms with Gasteiger partial charge in [0, 0.05) is 6.07 Å². The van der Waals surface area contributed by atoms with Crippen molar-refractivity contribution in [3.8, 4) is 11.5 Å². The van der Waals surface area contributed by atoms with Crippen molar-refractivity contribution in [1.29, 1.82) is 0 Å². The Bertz CT molecular complexity index is 865. The molecule has 128 valence electrons. The number of hydrogen-bond acceptors (Lipinski definition) is 4. The monoisotopic (exact) mass is 374 g/mol. The molecule has 0 atom stereocenters. The van der Waals surface area contributed by atoms with E-state index in [0.29, 0.717) is 27.3 Å². The van der Waals surface area contributed by atoms with Gasteiger partial charge in [-0.1, -0.05) is 23.7 Å². The molecule has 1 amide bonds. The molecule has 0 aliphatic carbocycles. The van der Waals surface area contributed by atoms with Crippen LogP contribution in [0.15, 0.2) is 48.2 Å². The number of anilines is 1. The van der Waals surface area contributed by atoms with Gasteiger partial charge in [0.05, 0.1) is 24.9 Å². The number of amides is 1. The second-order valence-corrected chi connectivity index (χ2v) is 6.01. The number of hydrogen-bond donors (Lipinski definition) is 1. The van der Waals surface area contributed by atoms with Crippen LogP contribution in [0.1, 0.15) is 5.56 Å². The first-order valence-corrected chi connectivity index (χ1v) is 8.17. The molecule has 1 N–H and O–H groups in total. The Kier molecular flexibility index (Phi) is 4.92. The van der Waals surface area contributed by atoms with Gasteiger partial charge in [0.2, 0.25) is 0 Å². The Hall–Kier alpha value is -2.57. The third kappa shape index (κ3) is 3.45. The first-order valence-electron chi connectivity index (χ1n) is 7.38. The van der Waals surface area contributed by atoms with Gasteiger partial charge in [0.1, 0.15) is 17.2 Å². The van der Waals surface area contributed by atoms with Gasteiger partial charge < -0.3 is 14.8 Å². The average molecular weight is 375 g/mol. The highest BCUT2D eigenvalue weighted by Crippen LogP contribution is 2.31. The summed E-state index contributed by atoms with van der Waals surface area (Å²) in [5.41, 5.74) is 1.83. The fourth-order valence-corrected chi connectivity index (χ4v) is 2.92. The molecular weight excluding hydrogens is 360 g/mol. The molecule has 2 aromatic rings. The summed E-state index contributed by atoms with van der Waals surface area (Å²) in [6.45, 7) is 0.